The lowest BCUT2D eigenvalue weighted by atomic mass is 10.1. The minimum absolute atomic E-state index is 0.156. The van der Waals surface area contributed by atoms with Gasteiger partial charge in [-0.25, -0.2) is 9.59 Å². The lowest BCUT2D eigenvalue weighted by Gasteiger charge is -2.25. The monoisotopic (exact) mass is 394 g/mol. The van der Waals surface area contributed by atoms with Gasteiger partial charge in [0.15, 0.2) is 0 Å². The van der Waals surface area contributed by atoms with E-state index in [1.54, 1.807) is 11.8 Å². The molecule has 0 aromatic heterocycles. The largest absolute Gasteiger partial charge is 0.467 e. The Balaban J connectivity index is 1.93. The Labute approximate surface area is 163 Å². The minimum atomic E-state index is -0.710. The number of hydrogen-bond acceptors (Lipinski definition) is 6. The molecule has 7 nitrogen and oxygen atoms in total. The summed E-state index contributed by atoms with van der Waals surface area (Å²) in [6.45, 7) is 0.614. The normalized spacial score (nSPS) is 17.3. The second-order valence-electron chi connectivity index (χ2n) is 6.26. The van der Waals surface area contributed by atoms with Gasteiger partial charge in [-0.1, -0.05) is 30.3 Å². The molecule has 27 heavy (non-hydrogen) atoms. The lowest BCUT2D eigenvalue weighted by molar-refractivity contribution is -0.145. The van der Waals surface area contributed by atoms with Crippen LogP contribution in [0, 0.1) is 0 Å². The third kappa shape index (κ3) is 6.16. The van der Waals surface area contributed by atoms with E-state index >= 15 is 0 Å². The van der Waals surface area contributed by atoms with Gasteiger partial charge in [0.25, 0.3) is 0 Å². The summed E-state index contributed by atoms with van der Waals surface area (Å²) in [4.78, 5) is 38.4. The van der Waals surface area contributed by atoms with E-state index in [2.05, 4.69) is 5.32 Å². The Morgan fingerprint density at radius 3 is 2.70 bits per heavy atom. The maximum Gasteiger partial charge on any atom is 0.410 e. The van der Waals surface area contributed by atoms with Gasteiger partial charge in [0.1, 0.15) is 18.7 Å². The number of esters is 1. The van der Waals surface area contributed by atoms with Crippen LogP contribution in [0.25, 0.3) is 0 Å². The van der Waals surface area contributed by atoms with E-state index < -0.39 is 24.1 Å². The van der Waals surface area contributed by atoms with Crippen LogP contribution >= 0.6 is 11.8 Å². The second-order valence-corrected chi connectivity index (χ2v) is 7.24. The van der Waals surface area contributed by atoms with Crippen molar-refractivity contribution in [2.75, 3.05) is 25.7 Å². The maximum absolute atomic E-state index is 12.7. The fourth-order valence-corrected chi connectivity index (χ4v) is 3.43. The van der Waals surface area contributed by atoms with E-state index in [1.807, 2.05) is 36.6 Å². The highest BCUT2D eigenvalue weighted by Crippen LogP contribution is 2.19. The van der Waals surface area contributed by atoms with Crippen LogP contribution < -0.4 is 5.32 Å². The molecule has 1 aromatic carbocycles. The van der Waals surface area contributed by atoms with Gasteiger partial charge in [-0.05, 0) is 36.8 Å². The van der Waals surface area contributed by atoms with Crippen LogP contribution in [0.2, 0.25) is 0 Å². The van der Waals surface area contributed by atoms with Gasteiger partial charge in [-0.3, -0.25) is 9.69 Å². The molecule has 8 heteroatoms. The zero-order valence-corrected chi connectivity index (χ0v) is 16.5. The van der Waals surface area contributed by atoms with Crippen molar-refractivity contribution in [3.8, 4) is 0 Å². The predicted molar refractivity (Wildman–Crippen MR) is 103 cm³/mol. The van der Waals surface area contributed by atoms with Crippen LogP contribution in [0.15, 0.2) is 30.3 Å². The molecule has 0 aliphatic carbocycles. The molecule has 148 valence electrons. The Morgan fingerprint density at radius 1 is 1.30 bits per heavy atom. The van der Waals surface area contributed by atoms with Crippen molar-refractivity contribution in [1.82, 2.24) is 10.2 Å². The van der Waals surface area contributed by atoms with Gasteiger partial charge >= 0.3 is 12.1 Å². The number of benzene rings is 1. The second kappa shape index (κ2) is 10.8. The van der Waals surface area contributed by atoms with Crippen molar-refractivity contribution < 1.29 is 23.9 Å². The van der Waals surface area contributed by atoms with Gasteiger partial charge in [0.05, 0.1) is 7.11 Å². The van der Waals surface area contributed by atoms with Crippen molar-refractivity contribution in [1.29, 1.82) is 0 Å². The van der Waals surface area contributed by atoms with Gasteiger partial charge in [0, 0.05) is 6.54 Å². The van der Waals surface area contributed by atoms with Crippen LogP contribution in [0.5, 0.6) is 0 Å². The van der Waals surface area contributed by atoms with Gasteiger partial charge in [-0.2, -0.15) is 11.8 Å². The van der Waals surface area contributed by atoms with Crippen molar-refractivity contribution in [2.24, 2.45) is 0 Å². The number of rotatable bonds is 8. The first kappa shape index (κ1) is 21.1. The highest BCUT2D eigenvalue weighted by molar-refractivity contribution is 7.98. The van der Waals surface area contributed by atoms with E-state index in [1.165, 1.54) is 12.0 Å². The number of ether oxygens (including phenoxy) is 2. The summed E-state index contributed by atoms with van der Waals surface area (Å²) < 4.78 is 10.1. The van der Waals surface area contributed by atoms with Crippen LogP contribution in [-0.4, -0.2) is 60.6 Å². The summed E-state index contributed by atoms with van der Waals surface area (Å²) in [5.74, 6) is -0.109. The number of carbonyl (C=O) groups excluding carboxylic acids is 3. The fraction of sp³-hybridized carbons (Fsp3) is 0.526. The Kier molecular flexibility index (Phi) is 8.44. The molecule has 0 bridgehead atoms. The highest BCUT2D eigenvalue weighted by atomic mass is 32.2. The highest BCUT2D eigenvalue weighted by Gasteiger charge is 2.36. The molecule has 0 radical (unpaired) electrons. The number of likely N-dealkylation sites (tertiary alicyclic amines) is 1. The number of methoxy groups -OCH3 is 1. The van der Waals surface area contributed by atoms with E-state index in [-0.39, 0.29) is 12.5 Å². The quantitative estimate of drug-likeness (QED) is 0.681. The molecule has 2 atom stereocenters. The SMILES string of the molecule is COC(=O)[C@H](CCSC)NC(=O)[C@@H]1CCCN1C(=O)OCc1ccccc1. The standard InChI is InChI=1S/C19H26N2O5S/c1-25-18(23)15(10-12-27-2)20-17(22)16-9-6-11-21(16)19(24)26-13-14-7-4-3-5-8-14/h3-5,7-8,15-16H,6,9-13H2,1-2H3,(H,20,22)/t15-,16-/m0/s1. The molecule has 1 aliphatic heterocycles. The van der Waals surface area contributed by atoms with Gasteiger partial charge in [0.2, 0.25) is 5.91 Å². The third-order valence-electron chi connectivity index (χ3n) is 4.41. The molecular weight excluding hydrogens is 368 g/mol. The summed E-state index contributed by atoms with van der Waals surface area (Å²) >= 11 is 1.58. The summed E-state index contributed by atoms with van der Waals surface area (Å²) in [6.07, 6.45) is 3.15. The van der Waals surface area contributed by atoms with Crippen molar-refractivity contribution in [3.63, 3.8) is 0 Å². The van der Waals surface area contributed by atoms with Crippen LogP contribution in [0.1, 0.15) is 24.8 Å². The third-order valence-corrected chi connectivity index (χ3v) is 5.05. The molecule has 0 spiro atoms. The molecule has 2 amide bonds. The molecule has 0 unspecified atom stereocenters. The average molecular weight is 394 g/mol. The number of carbonyl (C=O) groups is 3. The smallest absolute Gasteiger partial charge is 0.410 e. The van der Waals surface area contributed by atoms with Gasteiger partial charge < -0.3 is 14.8 Å². The van der Waals surface area contributed by atoms with Crippen LogP contribution in [-0.2, 0) is 25.7 Å². The summed E-state index contributed by atoms with van der Waals surface area (Å²) in [5, 5.41) is 2.73. The summed E-state index contributed by atoms with van der Waals surface area (Å²) in [6, 6.07) is 8.03. The maximum atomic E-state index is 12.7. The fourth-order valence-electron chi connectivity index (χ4n) is 2.95. The zero-order chi connectivity index (χ0) is 19.6. The first-order valence-electron chi connectivity index (χ1n) is 8.91. The molecule has 2 rings (SSSR count). The molecular formula is C19H26N2O5S. The van der Waals surface area contributed by atoms with E-state index in [4.69, 9.17) is 9.47 Å². The number of nitrogens with zero attached hydrogens (tertiary/aromatic N) is 1. The first-order chi connectivity index (χ1) is 13.1. The number of amides is 2. The Hall–Kier alpha value is -2.22. The molecule has 1 aliphatic rings. The lowest BCUT2D eigenvalue weighted by Crippen LogP contribution is -2.51. The predicted octanol–water partition coefficient (Wildman–Crippen LogP) is 2.20. The summed E-state index contributed by atoms with van der Waals surface area (Å²) in [5.41, 5.74) is 0.883. The Morgan fingerprint density at radius 2 is 2.04 bits per heavy atom. The number of hydrogen-bond donors (Lipinski definition) is 1. The molecule has 1 aromatic rings. The van der Waals surface area contributed by atoms with Crippen molar-refractivity contribution in [2.45, 2.75) is 38.0 Å². The van der Waals surface area contributed by atoms with Crippen LogP contribution in [0.4, 0.5) is 4.79 Å². The van der Waals surface area contributed by atoms with E-state index in [9.17, 15) is 14.4 Å². The molecule has 1 heterocycles. The zero-order valence-electron chi connectivity index (χ0n) is 15.7. The molecule has 0 saturated carbocycles. The van der Waals surface area contributed by atoms with Crippen molar-refractivity contribution in [3.05, 3.63) is 35.9 Å². The average Bonchev–Trinajstić information content (AvgIpc) is 3.19. The number of nitrogens with one attached hydrogen (secondary N) is 1. The topological polar surface area (TPSA) is 84.9 Å². The molecule has 1 N–H and O–H groups in total. The Bertz CT molecular complexity index is 640. The van der Waals surface area contributed by atoms with Crippen molar-refractivity contribution >= 4 is 29.7 Å². The number of thioether (sulfide) groups is 1. The molecule has 1 fully saturated rings. The minimum Gasteiger partial charge on any atom is -0.467 e. The summed E-state index contributed by atoms with van der Waals surface area (Å²) in [7, 11) is 1.30. The van der Waals surface area contributed by atoms with E-state index in [0.29, 0.717) is 31.6 Å². The van der Waals surface area contributed by atoms with E-state index in [0.717, 1.165) is 5.56 Å². The molecule has 1 saturated heterocycles. The van der Waals surface area contributed by atoms with Crippen LogP contribution in [0.3, 0.4) is 0 Å². The first-order valence-corrected chi connectivity index (χ1v) is 10.3. The van der Waals surface area contributed by atoms with Gasteiger partial charge in [-0.15, -0.1) is 0 Å².